The van der Waals surface area contributed by atoms with Gasteiger partial charge in [-0.25, -0.2) is 0 Å². The van der Waals surface area contributed by atoms with Crippen molar-refractivity contribution in [3.05, 3.63) is 184 Å². The van der Waals surface area contributed by atoms with Gasteiger partial charge in [-0.05, 0) is 151 Å². The minimum Gasteiger partial charge on any atom is -0.468 e. The van der Waals surface area contributed by atoms with E-state index in [4.69, 9.17) is 8.53 Å². The Morgan fingerprint density at radius 2 is 1.15 bits per heavy atom. The maximum absolute atomic E-state index is 8.70. The van der Waals surface area contributed by atoms with Crippen LogP contribution in [-0.4, -0.2) is 6.71 Å². The van der Waals surface area contributed by atoms with Crippen molar-refractivity contribution in [1.29, 1.82) is 0 Å². The van der Waals surface area contributed by atoms with E-state index in [1.807, 2.05) is 0 Å². The van der Waals surface area contributed by atoms with Crippen LogP contribution in [0, 0.1) is 6.92 Å². The first-order valence-corrected chi connectivity index (χ1v) is 24.7. The second kappa shape index (κ2) is 15.1. The van der Waals surface area contributed by atoms with E-state index < -0.39 is 5.41 Å². The number of nitrogens with zero attached hydrogens (tertiary/aromatic N) is 2. The van der Waals surface area contributed by atoms with Crippen molar-refractivity contribution < 1.29 is 8.53 Å². The van der Waals surface area contributed by atoms with Crippen LogP contribution >= 0.6 is 0 Å². The van der Waals surface area contributed by atoms with Gasteiger partial charge >= 0.3 is 0 Å². The first-order valence-electron chi connectivity index (χ1n) is 26.2. The molecule has 3 aliphatic rings. The summed E-state index contributed by atoms with van der Waals surface area (Å²) in [5, 5.41) is 1.13. The quantitative estimate of drug-likeness (QED) is 0.161. The molecule has 11 rings (SSSR count). The van der Waals surface area contributed by atoms with Gasteiger partial charge in [0.2, 0.25) is 0 Å². The molecule has 3 nitrogen and oxygen atoms in total. The zero-order valence-corrected chi connectivity index (χ0v) is 42.4. The molecule has 0 bridgehead atoms. The molecule has 0 amide bonds. The molecule has 0 saturated heterocycles. The SMILES string of the molecule is [2H]c1cc(C(C)(C)c2ccc3c(c2)B2c4oc5cc6c(cc5c4N(c4ccc(C(C)(C)C)cc4)c4cc(C)cc(c42)N3c2ccc(C(C)(C)C)cc2-c2ccccc2)C(C)(C)CCC6(C)C)cc([2H])c1[2H]. The number of hydrogen-bond acceptors (Lipinski definition) is 3. The van der Waals surface area contributed by atoms with E-state index in [9.17, 15) is 0 Å². The molecule has 0 unspecified atom stereocenters. The van der Waals surface area contributed by atoms with Gasteiger partial charge in [-0.1, -0.05) is 174 Å². The zero-order valence-electron chi connectivity index (χ0n) is 45.4. The minimum absolute atomic E-state index is 0.00449. The Labute approximate surface area is 410 Å². The molecular weight excluding hydrogens is 824 g/mol. The van der Waals surface area contributed by atoms with Gasteiger partial charge in [0.05, 0.1) is 21.1 Å². The fraction of sp³-hybridized carbons (Fsp3) is 0.312. The van der Waals surface area contributed by atoms with Gasteiger partial charge in [0.15, 0.2) is 0 Å². The van der Waals surface area contributed by atoms with Crippen molar-refractivity contribution in [2.75, 3.05) is 9.80 Å². The second-order valence-corrected chi connectivity index (χ2v) is 24.0. The van der Waals surface area contributed by atoms with Gasteiger partial charge in [-0.2, -0.15) is 0 Å². The highest BCUT2D eigenvalue weighted by atomic mass is 16.3. The lowest BCUT2D eigenvalue weighted by Gasteiger charge is -2.44. The van der Waals surface area contributed by atoms with E-state index >= 15 is 0 Å². The maximum atomic E-state index is 8.70. The number of furan rings is 1. The van der Waals surface area contributed by atoms with Crippen LogP contribution in [-0.2, 0) is 27.1 Å². The van der Waals surface area contributed by atoms with E-state index in [0.29, 0.717) is 0 Å². The van der Waals surface area contributed by atoms with Crippen LogP contribution in [0.15, 0.2) is 150 Å². The first kappa shape index (κ1) is 40.8. The summed E-state index contributed by atoms with van der Waals surface area (Å²) >= 11 is 0. The summed E-state index contributed by atoms with van der Waals surface area (Å²) in [5.41, 5.74) is 20.8. The van der Waals surface area contributed by atoms with Gasteiger partial charge in [0.25, 0.3) is 6.71 Å². The van der Waals surface area contributed by atoms with E-state index in [2.05, 4.69) is 215 Å². The number of benzene rings is 7. The van der Waals surface area contributed by atoms with E-state index in [-0.39, 0.29) is 46.5 Å². The largest absolute Gasteiger partial charge is 0.468 e. The van der Waals surface area contributed by atoms with Crippen LogP contribution in [0.25, 0.3) is 22.1 Å². The summed E-state index contributed by atoms with van der Waals surface area (Å²) in [4.78, 5) is 5.02. The summed E-state index contributed by atoms with van der Waals surface area (Å²) in [6.45, 7) is 29.6. The predicted octanol–water partition coefficient (Wildman–Crippen LogP) is 15.8. The van der Waals surface area contributed by atoms with Crippen molar-refractivity contribution in [1.82, 2.24) is 0 Å². The Balaban J connectivity index is 1.26. The highest BCUT2D eigenvalue weighted by Gasteiger charge is 2.48. The lowest BCUT2D eigenvalue weighted by atomic mass is 9.35. The number of rotatable bonds is 5. The molecule has 4 heteroatoms. The van der Waals surface area contributed by atoms with Crippen LogP contribution in [0.3, 0.4) is 0 Å². The lowest BCUT2D eigenvalue weighted by Crippen LogP contribution is -2.61. The molecule has 3 heterocycles. The van der Waals surface area contributed by atoms with Crippen molar-refractivity contribution in [3.63, 3.8) is 0 Å². The summed E-state index contributed by atoms with van der Waals surface area (Å²) in [7, 11) is 0. The number of fused-ring (bicyclic) bond motifs is 7. The molecule has 0 radical (unpaired) electrons. The average molecular weight is 894 g/mol. The van der Waals surface area contributed by atoms with Crippen molar-refractivity contribution in [3.8, 4) is 11.1 Å². The van der Waals surface area contributed by atoms with Crippen LogP contribution in [0.5, 0.6) is 0 Å². The van der Waals surface area contributed by atoms with Crippen LogP contribution in [0.2, 0.25) is 0 Å². The summed E-state index contributed by atoms with van der Waals surface area (Å²) in [6, 6.07) is 47.3. The molecule has 8 aromatic rings. The van der Waals surface area contributed by atoms with E-state index in [1.54, 1.807) is 12.1 Å². The molecule has 1 aliphatic carbocycles. The molecule has 7 aromatic carbocycles. The van der Waals surface area contributed by atoms with Crippen LogP contribution in [0.1, 0.15) is 139 Å². The molecule has 1 aromatic heterocycles. The minimum atomic E-state index is -0.610. The molecule has 0 N–H and O–H groups in total. The van der Waals surface area contributed by atoms with E-state index in [0.717, 1.165) is 91.3 Å². The molecule has 0 spiro atoms. The summed E-state index contributed by atoms with van der Waals surface area (Å²) < 4.78 is 33.4. The van der Waals surface area contributed by atoms with Gasteiger partial charge in [0.1, 0.15) is 5.58 Å². The number of anilines is 6. The molecular formula is C64H67BN2O. The number of aryl methyl sites for hydroxylation is 1. The van der Waals surface area contributed by atoms with E-state index in [1.165, 1.54) is 33.3 Å². The van der Waals surface area contributed by atoms with Gasteiger partial charge in [-0.3, -0.25) is 0 Å². The lowest BCUT2D eigenvalue weighted by molar-refractivity contribution is 0.332. The Morgan fingerprint density at radius 3 is 1.79 bits per heavy atom. The Morgan fingerprint density at radius 1 is 0.559 bits per heavy atom. The Kier molecular flexibility index (Phi) is 9.07. The highest BCUT2D eigenvalue weighted by Crippen LogP contribution is 2.53. The monoisotopic (exact) mass is 894 g/mol. The summed E-state index contributed by atoms with van der Waals surface area (Å²) in [5.74, 6) is 0. The average Bonchev–Trinajstić information content (AvgIpc) is 3.69. The van der Waals surface area contributed by atoms with Gasteiger partial charge in [-0.15, -0.1) is 0 Å². The Bertz CT molecular complexity index is 3460. The molecule has 68 heavy (non-hydrogen) atoms. The maximum Gasteiger partial charge on any atom is 0.297 e. The first-order chi connectivity index (χ1) is 33.3. The third kappa shape index (κ3) is 6.91. The van der Waals surface area contributed by atoms with Gasteiger partial charge in [0, 0.05) is 39.1 Å². The molecule has 342 valence electrons. The fourth-order valence-electron chi connectivity index (χ4n) is 11.6. The Hall–Kier alpha value is -6.26. The zero-order chi connectivity index (χ0) is 50.5. The summed E-state index contributed by atoms with van der Waals surface area (Å²) in [6.07, 6.45) is 2.22. The molecule has 0 atom stereocenters. The highest BCUT2D eigenvalue weighted by molar-refractivity contribution is 7.00. The third-order valence-corrected chi connectivity index (χ3v) is 16.0. The standard InChI is InChI=1S/C64H67BN2O/c1-40-34-54-57-55(35-40)67(52-30-26-44(61(5,6)7)36-47(52)41-20-16-14-17-21-41)53-31-27-45(64(12,13)43-22-18-15-19-23-43)37-51(53)65(57)59-58(66(54)46-28-24-42(25-29-46)60(2,3)4)48-38-49-50(39-56(48)68-59)63(10,11)33-32-62(49,8)9/h14-31,34-39H,32-33H2,1-13H3/i15D,18D,19D. The normalized spacial score (nSPS) is 16.7. The molecule has 0 fully saturated rings. The topological polar surface area (TPSA) is 19.6 Å². The van der Waals surface area contributed by atoms with Crippen LogP contribution in [0.4, 0.5) is 34.1 Å². The van der Waals surface area contributed by atoms with Crippen molar-refractivity contribution in [2.45, 2.75) is 130 Å². The molecule has 2 aliphatic heterocycles. The number of hydrogen-bond donors (Lipinski definition) is 0. The van der Waals surface area contributed by atoms with Crippen molar-refractivity contribution in [2.24, 2.45) is 0 Å². The predicted molar refractivity (Wildman–Crippen MR) is 292 cm³/mol. The third-order valence-electron chi connectivity index (χ3n) is 16.0. The molecule has 0 saturated carbocycles. The smallest absolute Gasteiger partial charge is 0.297 e. The van der Waals surface area contributed by atoms with Crippen molar-refractivity contribution >= 4 is 68.4 Å². The van der Waals surface area contributed by atoms with Crippen LogP contribution < -0.4 is 26.4 Å². The van der Waals surface area contributed by atoms with Gasteiger partial charge < -0.3 is 14.2 Å². The fourth-order valence-corrected chi connectivity index (χ4v) is 11.6. The second-order valence-electron chi connectivity index (χ2n) is 24.0.